The number of nitrogens with one attached hydrogen (secondary N) is 2. The Morgan fingerprint density at radius 1 is 1.22 bits per heavy atom. The molecule has 0 aromatic heterocycles. The summed E-state index contributed by atoms with van der Waals surface area (Å²) in [7, 11) is 1.64. The third-order valence-electron chi connectivity index (χ3n) is 4.32. The summed E-state index contributed by atoms with van der Waals surface area (Å²) in [6.45, 7) is 7.29. The second kappa shape index (κ2) is 9.48. The minimum absolute atomic E-state index is 0.0699. The van der Waals surface area contributed by atoms with Gasteiger partial charge in [-0.3, -0.25) is 0 Å². The lowest BCUT2D eigenvalue weighted by molar-refractivity contribution is 0.0201. The molecular weight excluding hydrogens is 346 g/mol. The number of carbonyl (C=O) groups excluding carboxylic acids is 2. The standard InChI is InChI=1S/C20H31N3O4/c1-20(2,3)27-19(25)23-12-9-16(10-13-23)22-18(24)21-11-8-15-6-5-7-17(14-15)26-4/h5-7,14,16H,8-13H2,1-4H3,(H2,21,22,24). The first kappa shape index (κ1) is 20.9. The van der Waals surface area contributed by atoms with Crippen molar-refractivity contribution >= 4 is 12.1 Å². The Labute approximate surface area is 161 Å². The van der Waals surface area contributed by atoms with Gasteiger partial charge in [-0.25, -0.2) is 9.59 Å². The molecule has 1 saturated heterocycles. The van der Waals surface area contributed by atoms with Gasteiger partial charge in [0.1, 0.15) is 11.4 Å². The van der Waals surface area contributed by atoms with Crippen molar-refractivity contribution in [1.82, 2.24) is 15.5 Å². The molecule has 0 radical (unpaired) electrons. The Bertz CT molecular complexity index is 634. The van der Waals surface area contributed by atoms with Gasteiger partial charge in [0, 0.05) is 25.7 Å². The summed E-state index contributed by atoms with van der Waals surface area (Å²) >= 11 is 0. The number of nitrogens with zero attached hydrogens (tertiary/aromatic N) is 1. The second-order valence-electron chi connectivity index (χ2n) is 7.74. The minimum atomic E-state index is -0.491. The average molecular weight is 377 g/mol. The Kier molecular flexibility index (Phi) is 7.33. The maximum absolute atomic E-state index is 12.1. The zero-order valence-electron chi connectivity index (χ0n) is 16.7. The fourth-order valence-electron chi connectivity index (χ4n) is 2.92. The second-order valence-corrected chi connectivity index (χ2v) is 7.74. The van der Waals surface area contributed by atoms with Crippen LogP contribution in [-0.4, -0.2) is 55.4 Å². The van der Waals surface area contributed by atoms with Crippen LogP contribution in [0, 0.1) is 0 Å². The van der Waals surface area contributed by atoms with E-state index < -0.39 is 5.60 Å². The van der Waals surface area contributed by atoms with Crippen LogP contribution in [0.5, 0.6) is 5.75 Å². The highest BCUT2D eigenvalue weighted by molar-refractivity contribution is 5.74. The molecule has 2 rings (SSSR count). The molecule has 1 aromatic rings. The van der Waals surface area contributed by atoms with Gasteiger partial charge in [-0.1, -0.05) is 12.1 Å². The maximum Gasteiger partial charge on any atom is 0.410 e. The van der Waals surface area contributed by atoms with Gasteiger partial charge in [-0.2, -0.15) is 0 Å². The van der Waals surface area contributed by atoms with Crippen LogP contribution in [0.15, 0.2) is 24.3 Å². The molecule has 1 aromatic carbocycles. The number of urea groups is 1. The van der Waals surface area contributed by atoms with E-state index in [0.717, 1.165) is 30.6 Å². The summed E-state index contributed by atoms with van der Waals surface area (Å²) in [6.07, 6.45) is 1.90. The van der Waals surface area contributed by atoms with Gasteiger partial charge in [-0.05, 0) is 57.7 Å². The molecule has 1 aliphatic rings. The molecule has 0 aliphatic carbocycles. The van der Waals surface area contributed by atoms with Crippen molar-refractivity contribution < 1.29 is 19.1 Å². The Hall–Kier alpha value is -2.44. The first-order valence-corrected chi connectivity index (χ1v) is 9.42. The molecule has 7 nitrogen and oxygen atoms in total. The molecule has 7 heteroatoms. The van der Waals surface area contributed by atoms with Crippen molar-refractivity contribution in [1.29, 1.82) is 0 Å². The highest BCUT2D eigenvalue weighted by Gasteiger charge is 2.27. The van der Waals surface area contributed by atoms with Crippen LogP contribution in [0.1, 0.15) is 39.2 Å². The number of methoxy groups -OCH3 is 1. The first-order chi connectivity index (χ1) is 12.8. The van der Waals surface area contributed by atoms with Crippen molar-refractivity contribution in [2.45, 2.75) is 51.7 Å². The molecule has 0 unspecified atom stereocenters. The summed E-state index contributed by atoms with van der Waals surface area (Å²) in [5.74, 6) is 0.814. The number of ether oxygens (including phenoxy) is 2. The van der Waals surface area contributed by atoms with E-state index >= 15 is 0 Å². The van der Waals surface area contributed by atoms with Crippen LogP contribution >= 0.6 is 0 Å². The third kappa shape index (κ3) is 7.37. The van der Waals surface area contributed by atoms with Gasteiger partial charge >= 0.3 is 12.1 Å². The van der Waals surface area contributed by atoms with E-state index in [1.807, 2.05) is 45.0 Å². The highest BCUT2D eigenvalue weighted by Crippen LogP contribution is 2.15. The van der Waals surface area contributed by atoms with Crippen LogP contribution in [0.3, 0.4) is 0 Å². The first-order valence-electron chi connectivity index (χ1n) is 9.42. The summed E-state index contributed by atoms with van der Waals surface area (Å²) in [4.78, 5) is 25.8. The number of piperidine rings is 1. The number of amides is 3. The van der Waals surface area contributed by atoms with Crippen molar-refractivity contribution in [3.05, 3.63) is 29.8 Å². The molecular formula is C20H31N3O4. The number of hydrogen-bond acceptors (Lipinski definition) is 4. The zero-order chi connectivity index (χ0) is 19.9. The SMILES string of the molecule is COc1cccc(CCNC(=O)NC2CCN(C(=O)OC(C)(C)C)CC2)c1. The average Bonchev–Trinajstić information content (AvgIpc) is 2.61. The fourth-order valence-corrected chi connectivity index (χ4v) is 2.92. The molecule has 1 fully saturated rings. The molecule has 0 bridgehead atoms. The van der Waals surface area contributed by atoms with Crippen molar-refractivity contribution in [3.63, 3.8) is 0 Å². The molecule has 27 heavy (non-hydrogen) atoms. The van der Waals surface area contributed by atoms with Gasteiger partial charge in [0.25, 0.3) is 0 Å². The van der Waals surface area contributed by atoms with E-state index in [1.165, 1.54) is 0 Å². The lowest BCUT2D eigenvalue weighted by Crippen LogP contribution is -2.50. The van der Waals surface area contributed by atoms with Crippen LogP contribution in [-0.2, 0) is 11.2 Å². The lowest BCUT2D eigenvalue weighted by atomic mass is 10.1. The predicted molar refractivity (Wildman–Crippen MR) is 104 cm³/mol. The van der Waals surface area contributed by atoms with Crippen LogP contribution in [0.4, 0.5) is 9.59 Å². The van der Waals surface area contributed by atoms with E-state index in [4.69, 9.17) is 9.47 Å². The van der Waals surface area contributed by atoms with E-state index in [0.29, 0.717) is 19.6 Å². The monoisotopic (exact) mass is 377 g/mol. The molecule has 0 spiro atoms. The van der Waals surface area contributed by atoms with Crippen molar-refractivity contribution in [2.75, 3.05) is 26.7 Å². The van der Waals surface area contributed by atoms with E-state index in [1.54, 1.807) is 12.0 Å². The van der Waals surface area contributed by atoms with Gasteiger partial charge in [-0.15, -0.1) is 0 Å². The summed E-state index contributed by atoms with van der Waals surface area (Å²) in [5.41, 5.74) is 0.620. The minimum Gasteiger partial charge on any atom is -0.497 e. The number of likely N-dealkylation sites (tertiary alicyclic amines) is 1. The van der Waals surface area contributed by atoms with Crippen LogP contribution in [0.2, 0.25) is 0 Å². The van der Waals surface area contributed by atoms with E-state index in [9.17, 15) is 9.59 Å². The zero-order valence-corrected chi connectivity index (χ0v) is 16.7. The van der Waals surface area contributed by atoms with E-state index in [2.05, 4.69) is 10.6 Å². The quantitative estimate of drug-likeness (QED) is 0.827. The molecule has 1 heterocycles. The van der Waals surface area contributed by atoms with Crippen LogP contribution < -0.4 is 15.4 Å². The predicted octanol–water partition coefficient (Wildman–Crippen LogP) is 2.94. The highest BCUT2D eigenvalue weighted by atomic mass is 16.6. The molecule has 0 saturated carbocycles. The van der Waals surface area contributed by atoms with Gasteiger partial charge in [0.15, 0.2) is 0 Å². The largest absolute Gasteiger partial charge is 0.497 e. The third-order valence-corrected chi connectivity index (χ3v) is 4.32. The number of benzene rings is 1. The number of carbonyl (C=O) groups is 2. The molecule has 3 amide bonds. The Morgan fingerprint density at radius 3 is 2.56 bits per heavy atom. The molecule has 2 N–H and O–H groups in total. The van der Waals surface area contributed by atoms with Gasteiger partial charge < -0.3 is 25.0 Å². The van der Waals surface area contributed by atoms with Crippen LogP contribution in [0.25, 0.3) is 0 Å². The summed E-state index contributed by atoms with van der Waals surface area (Å²) < 4.78 is 10.6. The smallest absolute Gasteiger partial charge is 0.410 e. The summed E-state index contributed by atoms with van der Waals surface area (Å²) in [5, 5.41) is 5.87. The Morgan fingerprint density at radius 2 is 1.93 bits per heavy atom. The lowest BCUT2D eigenvalue weighted by Gasteiger charge is -2.33. The maximum atomic E-state index is 12.1. The normalized spacial score (nSPS) is 15.2. The molecule has 0 atom stereocenters. The van der Waals surface area contributed by atoms with E-state index in [-0.39, 0.29) is 18.2 Å². The van der Waals surface area contributed by atoms with Crippen molar-refractivity contribution in [3.8, 4) is 5.75 Å². The molecule has 150 valence electrons. The van der Waals surface area contributed by atoms with Crippen molar-refractivity contribution in [2.24, 2.45) is 0 Å². The van der Waals surface area contributed by atoms with Gasteiger partial charge in [0.05, 0.1) is 7.11 Å². The van der Waals surface area contributed by atoms with Gasteiger partial charge in [0.2, 0.25) is 0 Å². The topological polar surface area (TPSA) is 79.9 Å². The number of hydrogen-bond donors (Lipinski definition) is 2. The Balaban J connectivity index is 1.66. The fraction of sp³-hybridized carbons (Fsp3) is 0.600. The molecule has 1 aliphatic heterocycles. The number of rotatable bonds is 5. The summed E-state index contributed by atoms with van der Waals surface area (Å²) in [6, 6.07) is 7.70.